The number of hydrogen-bond donors (Lipinski definition) is 1. The maximum absolute atomic E-state index is 5.27. The van der Waals surface area contributed by atoms with Gasteiger partial charge in [-0.25, -0.2) is 4.98 Å². The molecule has 0 radical (unpaired) electrons. The number of hydrogen-bond acceptors (Lipinski definition) is 1. The molecule has 0 aliphatic heterocycles. The van der Waals surface area contributed by atoms with Gasteiger partial charge in [0, 0.05) is 0 Å². The molecule has 58 valence electrons. The van der Waals surface area contributed by atoms with Crippen molar-refractivity contribution in [3.63, 3.8) is 0 Å². The molecule has 1 aromatic heterocycles. The van der Waals surface area contributed by atoms with Gasteiger partial charge in [-0.1, -0.05) is 19.3 Å². The fourth-order valence-corrected chi connectivity index (χ4v) is 1.08. The standard InChI is InChI=1S/C9H12N2/c1-4-6-9-8(5-2)10-7(3)11-9/h2H,4,6H2,1,3H3,(H,10,11). The Morgan fingerprint density at radius 2 is 2.36 bits per heavy atom. The fraction of sp³-hybridized carbons (Fsp3) is 0.444. The van der Waals surface area contributed by atoms with Crippen LogP contribution in [-0.2, 0) is 6.42 Å². The average molecular weight is 148 g/mol. The minimum absolute atomic E-state index is 0.837. The summed E-state index contributed by atoms with van der Waals surface area (Å²) in [6, 6.07) is 0. The Hall–Kier alpha value is -1.23. The van der Waals surface area contributed by atoms with Crippen LogP contribution >= 0.6 is 0 Å². The molecule has 1 heterocycles. The van der Waals surface area contributed by atoms with Crippen LogP contribution in [0.1, 0.15) is 30.6 Å². The first-order valence-electron chi connectivity index (χ1n) is 3.80. The predicted octanol–water partition coefficient (Wildman–Crippen LogP) is 1.65. The van der Waals surface area contributed by atoms with Crippen molar-refractivity contribution in [1.82, 2.24) is 9.97 Å². The molecule has 0 atom stereocenters. The first-order valence-corrected chi connectivity index (χ1v) is 3.80. The van der Waals surface area contributed by atoms with Gasteiger partial charge in [0.05, 0.1) is 5.69 Å². The van der Waals surface area contributed by atoms with Gasteiger partial charge in [0.1, 0.15) is 11.5 Å². The lowest BCUT2D eigenvalue weighted by Gasteiger charge is -1.90. The van der Waals surface area contributed by atoms with Crippen LogP contribution in [0.25, 0.3) is 0 Å². The van der Waals surface area contributed by atoms with E-state index < -0.39 is 0 Å². The van der Waals surface area contributed by atoms with E-state index in [0.717, 1.165) is 30.1 Å². The third-order valence-electron chi connectivity index (χ3n) is 1.53. The zero-order valence-corrected chi connectivity index (χ0v) is 6.94. The zero-order chi connectivity index (χ0) is 8.27. The molecule has 0 fully saturated rings. The summed E-state index contributed by atoms with van der Waals surface area (Å²) in [6.07, 6.45) is 7.32. The van der Waals surface area contributed by atoms with Crippen LogP contribution in [-0.4, -0.2) is 9.97 Å². The number of H-pyrrole nitrogens is 1. The number of imidazole rings is 1. The summed E-state index contributed by atoms with van der Waals surface area (Å²) in [5.41, 5.74) is 1.86. The smallest absolute Gasteiger partial charge is 0.112 e. The Kier molecular flexibility index (Phi) is 2.32. The third-order valence-corrected chi connectivity index (χ3v) is 1.53. The van der Waals surface area contributed by atoms with Gasteiger partial charge in [-0.15, -0.1) is 6.42 Å². The number of terminal acetylenes is 1. The van der Waals surface area contributed by atoms with Crippen LogP contribution in [0.5, 0.6) is 0 Å². The molecule has 0 amide bonds. The summed E-state index contributed by atoms with van der Waals surface area (Å²) < 4.78 is 0. The van der Waals surface area contributed by atoms with E-state index in [1.54, 1.807) is 0 Å². The number of nitrogens with zero attached hydrogens (tertiary/aromatic N) is 1. The number of aryl methyl sites for hydroxylation is 2. The van der Waals surface area contributed by atoms with E-state index in [2.05, 4.69) is 22.8 Å². The maximum atomic E-state index is 5.27. The number of aromatic amines is 1. The van der Waals surface area contributed by atoms with Crippen molar-refractivity contribution in [3.8, 4) is 12.3 Å². The SMILES string of the molecule is C#Cc1[nH]c(C)nc1CCC. The number of rotatable bonds is 2. The van der Waals surface area contributed by atoms with E-state index in [9.17, 15) is 0 Å². The Morgan fingerprint density at radius 3 is 2.91 bits per heavy atom. The quantitative estimate of drug-likeness (QED) is 0.635. The van der Waals surface area contributed by atoms with E-state index in [-0.39, 0.29) is 0 Å². The van der Waals surface area contributed by atoms with Gasteiger partial charge in [-0.05, 0) is 13.3 Å². The summed E-state index contributed by atoms with van der Waals surface area (Å²) in [4.78, 5) is 7.31. The summed E-state index contributed by atoms with van der Waals surface area (Å²) in [5.74, 6) is 3.49. The van der Waals surface area contributed by atoms with Gasteiger partial charge in [-0.3, -0.25) is 0 Å². The topological polar surface area (TPSA) is 28.7 Å². The first-order chi connectivity index (χ1) is 5.27. The van der Waals surface area contributed by atoms with Crippen molar-refractivity contribution in [2.45, 2.75) is 26.7 Å². The van der Waals surface area contributed by atoms with E-state index in [1.165, 1.54) is 0 Å². The average Bonchev–Trinajstić information content (AvgIpc) is 2.32. The Bertz CT molecular complexity index is 278. The van der Waals surface area contributed by atoms with E-state index in [4.69, 9.17) is 6.42 Å². The van der Waals surface area contributed by atoms with E-state index in [0.29, 0.717) is 0 Å². The third kappa shape index (κ3) is 1.62. The summed E-state index contributed by atoms with van der Waals surface area (Å²) in [5, 5.41) is 0. The fourth-order valence-electron chi connectivity index (χ4n) is 1.08. The van der Waals surface area contributed by atoms with E-state index >= 15 is 0 Å². The molecular weight excluding hydrogens is 136 g/mol. The lowest BCUT2D eigenvalue weighted by atomic mass is 10.2. The molecule has 0 aliphatic rings. The van der Waals surface area contributed by atoms with E-state index in [1.807, 2.05) is 6.92 Å². The van der Waals surface area contributed by atoms with Crippen molar-refractivity contribution < 1.29 is 0 Å². The van der Waals surface area contributed by atoms with Crippen LogP contribution in [0, 0.1) is 19.3 Å². The second kappa shape index (κ2) is 3.25. The molecule has 1 aromatic rings. The first kappa shape index (κ1) is 7.87. The van der Waals surface area contributed by atoms with Crippen molar-refractivity contribution in [3.05, 3.63) is 17.2 Å². The molecule has 11 heavy (non-hydrogen) atoms. The number of nitrogens with one attached hydrogen (secondary N) is 1. The molecule has 2 heteroatoms. The number of aromatic nitrogens is 2. The Balaban J connectivity index is 2.95. The van der Waals surface area contributed by atoms with Crippen LogP contribution in [0.4, 0.5) is 0 Å². The highest BCUT2D eigenvalue weighted by molar-refractivity contribution is 5.30. The van der Waals surface area contributed by atoms with Gasteiger partial charge in [0.25, 0.3) is 0 Å². The van der Waals surface area contributed by atoms with Crippen molar-refractivity contribution >= 4 is 0 Å². The molecule has 0 aromatic carbocycles. The van der Waals surface area contributed by atoms with Crippen LogP contribution in [0.2, 0.25) is 0 Å². The van der Waals surface area contributed by atoms with Crippen molar-refractivity contribution in [1.29, 1.82) is 0 Å². The van der Waals surface area contributed by atoms with Crippen molar-refractivity contribution in [2.75, 3.05) is 0 Å². The lowest BCUT2D eigenvalue weighted by Crippen LogP contribution is -1.86. The molecule has 1 N–H and O–H groups in total. The molecule has 0 spiro atoms. The van der Waals surface area contributed by atoms with Gasteiger partial charge in [-0.2, -0.15) is 0 Å². The van der Waals surface area contributed by atoms with Gasteiger partial charge in [0.15, 0.2) is 0 Å². The summed E-state index contributed by atoms with van der Waals surface area (Å²) in [6.45, 7) is 4.03. The minimum atomic E-state index is 0.837. The Labute approximate surface area is 67.0 Å². The maximum Gasteiger partial charge on any atom is 0.112 e. The normalized spacial score (nSPS) is 9.55. The molecule has 1 rings (SSSR count). The summed E-state index contributed by atoms with van der Waals surface area (Å²) >= 11 is 0. The molecule has 0 unspecified atom stereocenters. The molecule has 2 nitrogen and oxygen atoms in total. The highest BCUT2D eigenvalue weighted by atomic mass is 14.9. The molecule has 0 saturated heterocycles. The van der Waals surface area contributed by atoms with Crippen LogP contribution in [0.15, 0.2) is 0 Å². The van der Waals surface area contributed by atoms with Gasteiger partial charge in [0.2, 0.25) is 0 Å². The highest BCUT2D eigenvalue weighted by Crippen LogP contribution is 2.06. The highest BCUT2D eigenvalue weighted by Gasteiger charge is 2.03. The molecule has 0 saturated carbocycles. The minimum Gasteiger partial charge on any atom is -0.336 e. The predicted molar refractivity (Wildman–Crippen MR) is 45.3 cm³/mol. The largest absolute Gasteiger partial charge is 0.336 e. The molecule has 0 bridgehead atoms. The second-order valence-electron chi connectivity index (χ2n) is 2.54. The molecule has 0 aliphatic carbocycles. The second-order valence-corrected chi connectivity index (χ2v) is 2.54. The van der Waals surface area contributed by atoms with Crippen LogP contribution < -0.4 is 0 Å². The van der Waals surface area contributed by atoms with Crippen molar-refractivity contribution in [2.24, 2.45) is 0 Å². The molecular formula is C9H12N2. The van der Waals surface area contributed by atoms with Crippen LogP contribution in [0.3, 0.4) is 0 Å². The zero-order valence-electron chi connectivity index (χ0n) is 6.94. The lowest BCUT2D eigenvalue weighted by molar-refractivity contribution is 0.885. The Morgan fingerprint density at radius 1 is 1.64 bits per heavy atom. The summed E-state index contributed by atoms with van der Waals surface area (Å²) in [7, 11) is 0. The monoisotopic (exact) mass is 148 g/mol. The van der Waals surface area contributed by atoms with Gasteiger partial charge >= 0.3 is 0 Å². The van der Waals surface area contributed by atoms with Gasteiger partial charge < -0.3 is 4.98 Å².